The van der Waals surface area contributed by atoms with Gasteiger partial charge in [0.2, 0.25) is 0 Å². The topological polar surface area (TPSA) is 0 Å². The molecule has 3 heteroatoms. The van der Waals surface area contributed by atoms with E-state index in [1.165, 1.54) is 32.7 Å². The third-order valence-electron chi connectivity index (χ3n) is 3.82. The summed E-state index contributed by atoms with van der Waals surface area (Å²) in [4.78, 5) is 0. The van der Waals surface area contributed by atoms with Crippen molar-refractivity contribution in [3.63, 3.8) is 0 Å². The first-order valence-corrected chi connectivity index (χ1v) is 9.60. The standard InChI is InChI=1S/C18H18.3C2H6.CH4.3Ar/c1-12(2)18-16-10-6-4-8-14(16)13(3)15-9-5-7-11-17(15)18;3*1-2;;;;/h4-12H,1-3H3;3*1-2H3;1H4;;;. The van der Waals surface area contributed by atoms with E-state index in [9.17, 15) is 0 Å². The van der Waals surface area contributed by atoms with Gasteiger partial charge in [0.15, 0.2) is 0 Å². The van der Waals surface area contributed by atoms with Gasteiger partial charge in [0.1, 0.15) is 0 Å². The van der Waals surface area contributed by atoms with Crippen molar-refractivity contribution < 1.29 is 113 Å². The molecule has 3 aromatic rings. The summed E-state index contributed by atoms with van der Waals surface area (Å²) >= 11 is 0. The van der Waals surface area contributed by atoms with Gasteiger partial charge in [-0.2, -0.15) is 0 Å². The van der Waals surface area contributed by atoms with Crippen LogP contribution in [0.1, 0.15) is 79.9 Å². The van der Waals surface area contributed by atoms with Crippen molar-refractivity contribution in [3.8, 4) is 0 Å². The number of benzene rings is 3. The molecular weight excluding hydrogens is 420 g/mol. The van der Waals surface area contributed by atoms with Crippen LogP contribution in [-0.4, -0.2) is 0 Å². The van der Waals surface area contributed by atoms with Crippen LogP contribution in [0.4, 0.5) is 0 Å². The van der Waals surface area contributed by atoms with Gasteiger partial charge < -0.3 is 0 Å². The van der Waals surface area contributed by atoms with Crippen LogP contribution in [0.25, 0.3) is 21.5 Å². The molecule has 0 N–H and O–H groups in total. The fraction of sp³-hybridized carbons (Fsp3) is 0.440. The van der Waals surface area contributed by atoms with Gasteiger partial charge in [-0.1, -0.05) is 111 Å². The fourth-order valence-corrected chi connectivity index (χ4v) is 3.00. The minimum Gasteiger partial charge on any atom is -0.0776 e. The average molecular weight is 460 g/mol. The second kappa shape index (κ2) is 23.6. The Morgan fingerprint density at radius 3 is 1.04 bits per heavy atom. The Kier molecular flexibility index (Phi) is 34.0. The van der Waals surface area contributed by atoms with Gasteiger partial charge in [-0.25, -0.2) is 0 Å². The number of fused-ring (bicyclic) bond motifs is 2. The summed E-state index contributed by atoms with van der Waals surface area (Å²) in [5.41, 5.74) is 2.87. The zero-order valence-electron chi connectivity index (χ0n) is 18.3. The molecule has 164 valence electrons. The minimum atomic E-state index is 0. The van der Waals surface area contributed by atoms with Gasteiger partial charge in [-0.05, 0) is 45.5 Å². The van der Waals surface area contributed by atoms with E-state index in [1.54, 1.807) is 0 Å². The molecule has 0 spiro atoms. The summed E-state index contributed by atoms with van der Waals surface area (Å²) in [5, 5.41) is 5.59. The predicted octanol–water partition coefficient (Wildman–Crippen LogP) is 9.14. The summed E-state index contributed by atoms with van der Waals surface area (Å²) in [6.45, 7) is 18.8. The van der Waals surface area contributed by atoms with E-state index in [-0.39, 0.29) is 121 Å². The van der Waals surface area contributed by atoms with E-state index in [2.05, 4.69) is 69.3 Å². The van der Waals surface area contributed by atoms with E-state index in [1.807, 2.05) is 41.5 Å². The van der Waals surface area contributed by atoms with Crippen LogP contribution in [0, 0.1) is 120 Å². The Bertz CT molecular complexity index is 677. The molecule has 0 aliphatic rings. The van der Waals surface area contributed by atoms with Crippen LogP contribution in [0.5, 0.6) is 0 Å². The molecule has 3 rings (SSSR count). The first kappa shape index (κ1) is 40.3. The van der Waals surface area contributed by atoms with Crippen molar-refractivity contribution in [1.29, 1.82) is 0 Å². The molecule has 0 radical (unpaired) electrons. The van der Waals surface area contributed by atoms with Gasteiger partial charge >= 0.3 is 0 Å². The van der Waals surface area contributed by atoms with Gasteiger partial charge in [0, 0.05) is 113 Å². The zero-order valence-corrected chi connectivity index (χ0v) is 20.4. The normalized spacial score (nSPS) is 8.07. The molecule has 0 aromatic heterocycles. The van der Waals surface area contributed by atoms with Gasteiger partial charge in [-0.3, -0.25) is 0 Å². The van der Waals surface area contributed by atoms with E-state index >= 15 is 0 Å². The SMILES string of the molecule is C.CC.CC.CC.Cc1c2ccccc2c(C(C)C)c2ccccc12.[Ar].[Ar].[Ar]. The first-order chi connectivity index (χ1) is 11.7. The van der Waals surface area contributed by atoms with Crippen LogP contribution in [0.2, 0.25) is 0 Å². The summed E-state index contributed by atoms with van der Waals surface area (Å²) in [5.74, 6) is 0.542. The summed E-state index contributed by atoms with van der Waals surface area (Å²) in [7, 11) is 0. The van der Waals surface area contributed by atoms with Crippen LogP contribution in [0.15, 0.2) is 48.5 Å². The third kappa shape index (κ3) is 10.5. The van der Waals surface area contributed by atoms with Crippen molar-refractivity contribution in [1.82, 2.24) is 0 Å². The van der Waals surface area contributed by atoms with Gasteiger partial charge in [-0.15, -0.1) is 0 Å². The summed E-state index contributed by atoms with van der Waals surface area (Å²) < 4.78 is 0. The molecule has 0 saturated carbocycles. The molecule has 0 aliphatic carbocycles. The predicted molar refractivity (Wildman–Crippen MR) is 121 cm³/mol. The van der Waals surface area contributed by atoms with Crippen molar-refractivity contribution in [3.05, 3.63) is 59.7 Å². The fourth-order valence-electron chi connectivity index (χ4n) is 3.00. The monoisotopic (exact) mass is 460 g/mol. The Morgan fingerprint density at radius 2 is 0.786 bits per heavy atom. The number of hydrogen-bond acceptors (Lipinski definition) is 0. The van der Waals surface area contributed by atoms with Crippen molar-refractivity contribution in [2.24, 2.45) is 0 Å². The molecular formula is C25H40Ar3. The van der Waals surface area contributed by atoms with E-state index in [0.717, 1.165) is 0 Å². The van der Waals surface area contributed by atoms with Gasteiger partial charge in [0.25, 0.3) is 0 Å². The minimum absolute atomic E-state index is 0. The molecule has 0 unspecified atom stereocenters. The average Bonchev–Trinajstić information content (AvgIpc) is 2.67. The maximum absolute atomic E-state index is 2.28. The van der Waals surface area contributed by atoms with Gasteiger partial charge in [0.05, 0.1) is 0 Å². The molecule has 28 heavy (non-hydrogen) atoms. The molecule has 0 aliphatic heterocycles. The molecule has 3 aromatic carbocycles. The molecule has 0 heterocycles. The van der Waals surface area contributed by atoms with E-state index in [0.29, 0.717) is 5.92 Å². The van der Waals surface area contributed by atoms with Crippen molar-refractivity contribution in [2.45, 2.75) is 75.7 Å². The molecule has 0 atom stereocenters. The van der Waals surface area contributed by atoms with Crippen molar-refractivity contribution in [2.75, 3.05) is 0 Å². The maximum Gasteiger partial charge on any atom is 0 e. The zero-order chi connectivity index (χ0) is 18.7. The summed E-state index contributed by atoms with van der Waals surface area (Å²) in [6, 6.07) is 17.5. The van der Waals surface area contributed by atoms with Crippen LogP contribution in [0.3, 0.4) is 0 Å². The van der Waals surface area contributed by atoms with Crippen LogP contribution in [-0.2, 0) is 0 Å². The smallest absolute Gasteiger partial charge is 0 e. The largest absolute Gasteiger partial charge is 0.0776 e. The summed E-state index contributed by atoms with van der Waals surface area (Å²) in [6.07, 6.45) is 0. The Balaban J connectivity index is -0.000000162. The first-order valence-electron chi connectivity index (χ1n) is 9.60. The third-order valence-corrected chi connectivity index (χ3v) is 3.82. The van der Waals surface area contributed by atoms with Crippen molar-refractivity contribution >= 4 is 21.5 Å². The number of rotatable bonds is 1. The number of hydrogen-bond donors (Lipinski definition) is 0. The quantitative estimate of drug-likeness (QED) is 0.318. The van der Waals surface area contributed by atoms with E-state index in [4.69, 9.17) is 0 Å². The molecule has 0 nitrogen and oxygen atoms in total. The Hall–Kier alpha value is 1.96. The molecule has 0 saturated heterocycles. The Labute approximate surface area is 265 Å². The maximum atomic E-state index is 2.28. The van der Waals surface area contributed by atoms with E-state index < -0.39 is 0 Å². The number of aryl methyl sites for hydroxylation is 1. The van der Waals surface area contributed by atoms with Crippen LogP contribution < -0.4 is 0 Å². The second-order valence-corrected chi connectivity index (χ2v) is 5.28. The molecule has 0 amide bonds. The second-order valence-electron chi connectivity index (χ2n) is 5.28. The molecule has 0 bridgehead atoms. The van der Waals surface area contributed by atoms with Crippen LogP contribution >= 0.6 is 0 Å². The Morgan fingerprint density at radius 1 is 0.536 bits per heavy atom. The molecule has 0 fully saturated rings.